The second-order valence-electron chi connectivity index (χ2n) is 7.56. The Kier molecular flexibility index (Phi) is 4.05. The van der Waals surface area contributed by atoms with Crippen LogP contribution in [-0.2, 0) is 4.79 Å². The van der Waals surface area contributed by atoms with E-state index in [0.717, 1.165) is 32.4 Å². The minimum Gasteiger partial charge on any atom is -0.342 e. The Morgan fingerprint density at radius 1 is 1.21 bits per heavy atom. The first-order chi connectivity index (χ1) is 11.6. The van der Waals surface area contributed by atoms with Crippen LogP contribution in [0.25, 0.3) is 10.8 Å². The zero-order valence-corrected chi connectivity index (χ0v) is 14.3. The number of hydrogen-bond donors (Lipinski definition) is 1. The number of rotatable bonds is 3. The quantitative estimate of drug-likeness (QED) is 0.939. The highest BCUT2D eigenvalue weighted by atomic mass is 16.2. The Hall–Kier alpha value is -1.87. The number of likely N-dealkylation sites (tertiary alicyclic amines) is 1. The van der Waals surface area contributed by atoms with Crippen LogP contribution in [0.4, 0.5) is 0 Å². The summed E-state index contributed by atoms with van der Waals surface area (Å²) < 4.78 is 0. The van der Waals surface area contributed by atoms with Crippen molar-refractivity contribution in [3.05, 3.63) is 48.0 Å². The molecule has 1 heterocycles. The summed E-state index contributed by atoms with van der Waals surface area (Å²) in [5.41, 5.74) is 7.40. The largest absolute Gasteiger partial charge is 0.342 e. The van der Waals surface area contributed by atoms with Crippen molar-refractivity contribution < 1.29 is 4.79 Å². The summed E-state index contributed by atoms with van der Waals surface area (Å²) in [6.07, 6.45) is 3.23. The predicted molar refractivity (Wildman–Crippen MR) is 97.7 cm³/mol. The van der Waals surface area contributed by atoms with Crippen molar-refractivity contribution in [1.29, 1.82) is 0 Å². The van der Waals surface area contributed by atoms with E-state index in [9.17, 15) is 4.79 Å². The minimum absolute atomic E-state index is 0.169. The standard InChI is InChI=1S/C21H26N2O/c1-14(22)16-8-5-11-23(13-16)21(24)20-12-19(20)18-10-4-7-15-6-2-3-9-17(15)18/h2-4,6-7,9-10,14,16,19-20H,5,8,11-13,22H2,1H3. The fraction of sp³-hybridized carbons (Fsp3) is 0.476. The summed E-state index contributed by atoms with van der Waals surface area (Å²) in [4.78, 5) is 15.0. The van der Waals surface area contributed by atoms with Gasteiger partial charge >= 0.3 is 0 Å². The van der Waals surface area contributed by atoms with Crippen molar-refractivity contribution in [3.8, 4) is 0 Å². The molecule has 1 aliphatic carbocycles. The first kappa shape index (κ1) is 15.6. The van der Waals surface area contributed by atoms with Gasteiger partial charge in [0.15, 0.2) is 0 Å². The van der Waals surface area contributed by atoms with Gasteiger partial charge in [0.2, 0.25) is 5.91 Å². The minimum atomic E-state index is 0.169. The number of fused-ring (bicyclic) bond motifs is 1. The van der Waals surface area contributed by atoms with Crippen molar-refractivity contribution >= 4 is 16.7 Å². The van der Waals surface area contributed by atoms with E-state index < -0.39 is 0 Å². The Morgan fingerprint density at radius 3 is 2.83 bits per heavy atom. The van der Waals surface area contributed by atoms with Crippen LogP contribution >= 0.6 is 0 Å². The summed E-state index contributed by atoms with van der Waals surface area (Å²) in [5, 5.41) is 2.57. The number of amides is 1. The summed E-state index contributed by atoms with van der Waals surface area (Å²) in [6, 6.07) is 15.1. The third-order valence-electron chi connectivity index (χ3n) is 5.84. The number of carbonyl (C=O) groups is 1. The molecular weight excluding hydrogens is 296 g/mol. The van der Waals surface area contributed by atoms with Crippen LogP contribution in [0.15, 0.2) is 42.5 Å². The normalized spacial score (nSPS) is 27.9. The molecule has 1 aliphatic heterocycles. The average Bonchev–Trinajstić information content (AvgIpc) is 3.41. The molecule has 126 valence electrons. The summed E-state index contributed by atoms with van der Waals surface area (Å²) in [6.45, 7) is 3.81. The molecule has 1 amide bonds. The molecule has 4 rings (SSSR count). The summed E-state index contributed by atoms with van der Waals surface area (Å²) >= 11 is 0. The molecule has 4 atom stereocenters. The second kappa shape index (κ2) is 6.21. The van der Waals surface area contributed by atoms with Gasteiger partial charge in [0.25, 0.3) is 0 Å². The van der Waals surface area contributed by atoms with Crippen molar-refractivity contribution in [2.75, 3.05) is 13.1 Å². The van der Waals surface area contributed by atoms with Gasteiger partial charge < -0.3 is 10.6 Å². The number of nitrogens with two attached hydrogens (primary N) is 1. The van der Waals surface area contributed by atoms with Gasteiger partial charge in [-0.05, 0) is 54.4 Å². The lowest BCUT2D eigenvalue weighted by molar-refractivity contribution is -0.134. The zero-order valence-electron chi connectivity index (χ0n) is 14.3. The first-order valence-corrected chi connectivity index (χ1v) is 9.17. The highest BCUT2D eigenvalue weighted by molar-refractivity contribution is 5.89. The van der Waals surface area contributed by atoms with Gasteiger partial charge in [0, 0.05) is 25.0 Å². The lowest BCUT2D eigenvalue weighted by atomic mass is 9.92. The van der Waals surface area contributed by atoms with E-state index in [-0.39, 0.29) is 12.0 Å². The van der Waals surface area contributed by atoms with Crippen LogP contribution in [0.3, 0.4) is 0 Å². The Labute approximate surface area is 143 Å². The lowest BCUT2D eigenvalue weighted by Gasteiger charge is -2.35. The second-order valence-corrected chi connectivity index (χ2v) is 7.56. The molecule has 0 spiro atoms. The van der Waals surface area contributed by atoms with Crippen molar-refractivity contribution in [3.63, 3.8) is 0 Å². The molecule has 4 unspecified atom stereocenters. The number of nitrogens with zero attached hydrogens (tertiary/aromatic N) is 1. The van der Waals surface area contributed by atoms with E-state index in [4.69, 9.17) is 5.73 Å². The van der Waals surface area contributed by atoms with E-state index in [1.807, 2.05) is 0 Å². The molecule has 1 saturated heterocycles. The van der Waals surface area contributed by atoms with Crippen molar-refractivity contribution in [1.82, 2.24) is 4.90 Å². The molecule has 0 bridgehead atoms. The van der Waals surface area contributed by atoms with Gasteiger partial charge in [-0.15, -0.1) is 0 Å². The van der Waals surface area contributed by atoms with Crippen molar-refractivity contribution in [2.45, 2.75) is 38.1 Å². The molecule has 2 aliphatic rings. The van der Waals surface area contributed by atoms with Crippen molar-refractivity contribution in [2.24, 2.45) is 17.6 Å². The van der Waals surface area contributed by atoms with E-state index >= 15 is 0 Å². The molecule has 2 N–H and O–H groups in total. The first-order valence-electron chi connectivity index (χ1n) is 9.17. The van der Waals surface area contributed by atoms with Crippen LogP contribution < -0.4 is 5.73 Å². The maximum Gasteiger partial charge on any atom is 0.226 e. The van der Waals surface area contributed by atoms with Gasteiger partial charge in [0.05, 0.1) is 0 Å². The smallest absolute Gasteiger partial charge is 0.226 e. The fourth-order valence-corrected chi connectivity index (χ4v) is 4.26. The third-order valence-corrected chi connectivity index (χ3v) is 5.84. The molecule has 24 heavy (non-hydrogen) atoms. The summed E-state index contributed by atoms with van der Waals surface area (Å²) in [5.74, 6) is 1.36. The Morgan fingerprint density at radius 2 is 2.00 bits per heavy atom. The van der Waals surface area contributed by atoms with Crippen LogP contribution in [0.2, 0.25) is 0 Å². The molecule has 1 saturated carbocycles. The van der Waals surface area contributed by atoms with E-state index in [1.165, 1.54) is 16.3 Å². The highest BCUT2D eigenvalue weighted by Gasteiger charge is 2.46. The van der Waals surface area contributed by atoms with Crippen LogP contribution in [0.1, 0.15) is 37.7 Å². The molecule has 0 radical (unpaired) electrons. The third kappa shape index (κ3) is 2.82. The highest BCUT2D eigenvalue weighted by Crippen LogP contribution is 2.50. The molecule has 3 heteroatoms. The SMILES string of the molecule is CC(N)C1CCCN(C(=O)C2CC2c2cccc3ccccc23)C1. The Balaban J connectivity index is 1.50. The molecule has 2 aromatic carbocycles. The molecule has 3 nitrogen and oxygen atoms in total. The van der Waals surface area contributed by atoms with Gasteiger partial charge in [-0.3, -0.25) is 4.79 Å². The summed E-state index contributed by atoms with van der Waals surface area (Å²) in [7, 11) is 0. The maximum atomic E-state index is 12.9. The number of benzene rings is 2. The molecule has 0 aromatic heterocycles. The topological polar surface area (TPSA) is 46.3 Å². The number of carbonyl (C=O) groups excluding carboxylic acids is 1. The van der Waals surface area contributed by atoms with E-state index in [0.29, 0.717) is 17.7 Å². The van der Waals surface area contributed by atoms with Crippen LogP contribution in [0.5, 0.6) is 0 Å². The van der Waals surface area contributed by atoms with Gasteiger partial charge in [0.1, 0.15) is 0 Å². The van der Waals surface area contributed by atoms with Gasteiger partial charge in [-0.2, -0.15) is 0 Å². The lowest BCUT2D eigenvalue weighted by Crippen LogP contribution is -2.45. The van der Waals surface area contributed by atoms with Gasteiger partial charge in [-0.1, -0.05) is 42.5 Å². The molecular formula is C21H26N2O. The monoisotopic (exact) mass is 322 g/mol. The van der Waals surface area contributed by atoms with E-state index in [1.54, 1.807) is 0 Å². The predicted octanol–water partition coefficient (Wildman–Crippen LogP) is 3.53. The fourth-order valence-electron chi connectivity index (χ4n) is 4.26. The number of hydrogen-bond acceptors (Lipinski definition) is 2. The van der Waals surface area contributed by atoms with Crippen LogP contribution in [-0.4, -0.2) is 29.9 Å². The Bertz CT molecular complexity index is 749. The van der Waals surface area contributed by atoms with Crippen LogP contribution in [0, 0.1) is 11.8 Å². The van der Waals surface area contributed by atoms with Gasteiger partial charge in [-0.25, -0.2) is 0 Å². The molecule has 2 fully saturated rings. The average molecular weight is 322 g/mol. The van der Waals surface area contributed by atoms with E-state index in [2.05, 4.69) is 54.3 Å². The molecule has 2 aromatic rings. The number of piperidine rings is 1. The zero-order chi connectivity index (χ0) is 16.7. The maximum absolute atomic E-state index is 12.9.